The van der Waals surface area contributed by atoms with E-state index in [9.17, 15) is 33.6 Å². The Balaban J connectivity index is 0.912. The van der Waals surface area contributed by atoms with Gasteiger partial charge in [0.1, 0.15) is 24.3 Å². The zero-order chi connectivity index (χ0) is 53.1. The van der Waals surface area contributed by atoms with Crippen molar-refractivity contribution in [2.45, 2.75) is 126 Å². The summed E-state index contributed by atoms with van der Waals surface area (Å²) in [6.45, 7) is 8.43. The van der Waals surface area contributed by atoms with Crippen LogP contribution in [0.2, 0.25) is 0 Å². The Morgan fingerprint density at radius 2 is 1.35 bits per heavy atom. The number of urea groups is 1. The van der Waals surface area contributed by atoms with Crippen LogP contribution in [0.4, 0.5) is 9.59 Å². The summed E-state index contributed by atoms with van der Waals surface area (Å²) in [5.41, 5.74) is 12.0. The lowest BCUT2D eigenvalue weighted by Crippen LogP contribution is -2.52. The molecule has 22 heteroatoms. The van der Waals surface area contributed by atoms with Gasteiger partial charge in [-0.2, -0.15) is 16.6 Å². The van der Waals surface area contributed by atoms with Gasteiger partial charge in [-0.05, 0) is 81.5 Å². The highest BCUT2D eigenvalue weighted by atomic mass is 32.2. The molecule has 6 N–H and O–H groups in total. The number of alkyl carbamates (subject to hydrolysis) is 1. The number of nitrogens with zero attached hydrogens (tertiary/aromatic N) is 2. The number of amides is 6. The van der Waals surface area contributed by atoms with Crippen LogP contribution < -0.4 is 31.9 Å². The van der Waals surface area contributed by atoms with Gasteiger partial charge in [0.25, 0.3) is 0 Å². The molecule has 0 radical (unpaired) electrons. The van der Waals surface area contributed by atoms with Gasteiger partial charge in [0.15, 0.2) is 0 Å². The van der Waals surface area contributed by atoms with Crippen molar-refractivity contribution in [3.05, 3.63) is 65.2 Å². The zero-order valence-electron chi connectivity index (χ0n) is 42.8. The molecule has 0 unspecified atom stereocenters. The summed E-state index contributed by atoms with van der Waals surface area (Å²) in [4.78, 5) is 91.5. The molecule has 0 saturated carbocycles. The fraction of sp³-hybridized carbons (Fsp3) is 0.615. The van der Waals surface area contributed by atoms with Gasteiger partial charge in [-0.15, -0.1) is 0 Å². The maximum Gasteiger partial charge on any atom is 0.407 e. The van der Waals surface area contributed by atoms with Gasteiger partial charge in [0.05, 0.1) is 64.9 Å². The third-order valence-corrected chi connectivity index (χ3v) is 13.8. The van der Waals surface area contributed by atoms with Crippen LogP contribution in [-0.2, 0) is 52.4 Å². The van der Waals surface area contributed by atoms with Crippen molar-refractivity contribution >= 4 is 59.6 Å². The third-order valence-electron chi connectivity index (χ3n) is 12.3. The number of thioether (sulfide) groups is 1. The normalized spacial score (nSPS) is 17.3. The van der Waals surface area contributed by atoms with Crippen LogP contribution in [0.5, 0.6) is 0 Å². The lowest BCUT2D eigenvalue weighted by molar-refractivity contribution is -0.159. The Morgan fingerprint density at radius 3 is 2.01 bits per heavy atom. The van der Waals surface area contributed by atoms with E-state index >= 15 is 0 Å². The van der Waals surface area contributed by atoms with Crippen LogP contribution in [0, 0.1) is 0 Å². The summed E-state index contributed by atoms with van der Waals surface area (Å²) in [6.07, 6.45) is 3.76. The molecule has 5 atom stereocenters. The molecule has 2 aromatic carbocycles. The fourth-order valence-corrected chi connectivity index (χ4v) is 10.2. The molecular formula is C52H74N8O13S. The lowest BCUT2D eigenvalue weighted by Gasteiger charge is -2.26. The molecule has 0 spiro atoms. The number of carbonyl (C=O) groups excluding carboxylic acids is 7. The molecule has 2 saturated heterocycles. The molecule has 2 aliphatic heterocycles. The van der Waals surface area contributed by atoms with E-state index in [1.807, 2.05) is 60.3 Å². The largest absolute Gasteiger partial charge is 0.458 e. The van der Waals surface area contributed by atoms with Crippen molar-refractivity contribution in [1.29, 1.82) is 0 Å². The summed E-state index contributed by atoms with van der Waals surface area (Å²) in [6, 6.07) is 13.7. The Bertz CT molecular complexity index is 2180. The fourth-order valence-electron chi connectivity index (χ4n) is 8.70. The first-order valence-corrected chi connectivity index (χ1v) is 26.6. The molecule has 0 bridgehead atoms. The van der Waals surface area contributed by atoms with Crippen molar-refractivity contribution in [3.63, 3.8) is 0 Å². The number of esters is 1. The summed E-state index contributed by atoms with van der Waals surface area (Å²) in [5.74, 6) is -1.56. The number of benzene rings is 2. The van der Waals surface area contributed by atoms with E-state index in [0.29, 0.717) is 90.1 Å². The first-order valence-electron chi connectivity index (χ1n) is 25.6. The average Bonchev–Trinajstić information content (AvgIpc) is 4.03. The molecule has 406 valence electrons. The van der Waals surface area contributed by atoms with Crippen molar-refractivity contribution in [2.24, 2.45) is 0 Å². The summed E-state index contributed by atoms with van der Waals surface area (Å²) in [5, 5.41) is 17.4. The molecule has 6 amide bonds. The Kier molecular flexibility index (Phi) is 25.3. The Labute approximate surface area is 437 Å². The molecular weight excluding hydrogens is 977 g/mol. The molecule has 5 rings (SSSR count). The Morgan fingerprint density at radius 1 is 0.730 bits per heavy atom. The maximum atomic E-state index is 13.8. The van der Waals surface area contributed by atoms with Gasteiger partial charge < -0.3 is 65.9 Å². The number of ketones is 1. The second-order valence-electron chi connectivity index (χ2n) is 19.1. The van der Waals surface area contributed by atoms with E-state index in [2.05, 4.69) is 36.7 Å². The molecule has 1 aliphatic carbocycles. The van der Waals surface area contributed by atoms with Crippen LogP contribution in [0.15, 0.2) is 48.5 Å². The zero-order valence-corrected chi connectivity index (χ0v) is 43.6. The molecule has 2 fully saturated rings. The van der Waals surface area contributed by atoms with Crippen LogP contribution >= 0.6 is 11.8 Å². The number of hydrogen-bond acceptors (Lipinski definition) is 14. The first-order chi connectivity index (χ1) is 35.7. The molecule has 2 heterocycles. The highest BCUT2D eigenvalue weighted by Crippen LogP contribution is 2.44. The van der Waals surface area contributed by atoms with E-state index in [1.54, 1.807) is 20.8 Å². The van der Waals surface area contributed by atoms with Gasteiger partial charge in [-0.3, -0.25) is 19.2 Å². The second-order valence-corrected chi connectivity index (χ2v) is 20.4. The van der Waals surface area contributed by atoms with Crippen LogP contribution in [-0.4, -0.2) is 166 Å². The van der Waals surface area contributed by atoms with Crippen LogP contribution in [0.3, 0.4) is 0 Å². The molecule has 74 heavy (non-hydrogen) atoms. The monoisotopic (exact) mass is 1050 g/mol. The Hall–Kier alpha value is -5.90. The second kappa shape index (κ2) is 31.7. The van der Waals surface area contributed by atoms with Crippen molar-refractivity contribution in [1.82, 2.24) is 31.9 Å². The van der Waals surface area contributed by atoms with Gasteiger partial charge in [-0.1, -0.05) is 55.0 Å². The quantitative estimate of drug-likeness (QED) is 0.0142. The number of fused-ring (bicyclic) bond motifs is 4. The number of nitrogens with one attached hydrogen (secondary N) is 6. The summed E-state index contributed by atoms with van der Waals surface area (Å²) < 4.78 is 33.4. The maximum absolute atomic E-state index is 13.8. The SMILES string of the molecule is CC(C)(C)OC(=O)[C@H](CCC(=O)C=[N+]=[N-])NC(=O)[C@H](CCCCNC(=O)CCOCCOCCOCCOCCNC(=O)CCCC[C@@H]1SC[C@@H]2NC(=O)N[C@@H]21)NC(=O)OCC1c2ccccc2-c2ccccc21. The standard InChI is InChI=1S/C52H74N8O13S/c1-52(2,3)73-49(65)42(20-19-35(61)32-56-53)57-48(64)41(59-51(67)72-33-40-38-14-6-4-12-36(38)37-13-5-7-15-39(37)40)16-10-11-22-54-46(63)21-24-68-26-28-70-30-31-71-29-27-69-25-23-55-45(62)18-9-8-17-44-47-43(34-74-44)58-50(66)60-47/h4-7,12-15,32,40-44,47H,8-11,16-31,33-34H2,1-3H3,(H,54,63)(H,55,62)(H,57,64)(H,59,67)(H2,58,60,66)/t41-,42-,43-,44-,47-/m0/s1. The van der Waals surface area contributed by atoms with E-state index < -0.39 is 41.4 Å². The highest BCUT2D eigenvalue weighted by molar-refractivity contribution is 8.00. The van der Waals surface area contributed by atoms with E-state index in [0.717, 1.165) is 47.3 Å². The smallest absolute Gasteiger partial charge is 0.407 e. The van der Waals surface area contributed by atoms with Gasteiger partial charge in [0.2, 0.25) is 23.5 Å². The minimum atomic E-state index is -1.26. The van der Waals surface area contributed by atoms with Crippen molar-refractivity contribution < 1.29 is 66.8 Å². The molecule has 21 nitrogen and oxygen atoms in total. The predicted molar refractivity (Wildman–Crippen MR) is 275 cm³/mol. The number of Topliss-reactive ketones (excluding diaryl/α,β-unsaturated/α-hetero) is 1. The number of rotatable bonds is 35. The summed E-state index contributed by atoms with van der Waals surface area (Å²) >= 11 is 1.88. The molecule has 3 aliphatic rings. The van der Waals surface area contributed by atoms with Gasteiger partial charge in [0, 0.05) is 49.3 Å². The van der Waals surface area contributed by atoms with Crippen LogP contribution in [0.25, 0.3) is 16.7 Å². The first kappa shape index (κ1) is 59.0. The predicted octanol–water partition coefficient (Wildman–Crippen LogP) is 3.96. The van der Waals surface area contributed by atoms with E-state index in [1.165, 1.54) is 0 Å². The van der Waals surface area contributed by atoms with Gasteiger partial charge in [-0.25, -0.2) is 14.4 Å². The highest BCUT2D eigenvalue weighted by Gasteiger charge is 2.42. The van der Waals surface area contributed by atoms with Crippen LogP contribution in [0.1, 0.15) is 102 Å². The third kappa shape index (κ3) is 20.8. The van der Waals surface area contributed by atoms with Crippen molar-refractivity contribution in [3.8, 4) is 11.1 Å². The minimum absolute atomic E-state index is 0.00226. The van der Waals surface area contributed by atoms with Crippen molar-refractivity contribution in [2.75, 3.05) is 78.3 Å². The topological polar surface area (TPSA) is 283 Å². The number of hydrogen-bond donors (Lipinski definition) is 6. The summed E-state index contributed by atoms with van der Waals surface area (Å²) in [7, 11) is 0. The van der Waals surface area contributed by atoms with Gasteiger partial charge >= 0.3 is 24.3 Å². The number of ether oxygens (including phenoxy) is 6. The molecule has 0 aromatic heterocycles. The number of carbonyl (C=O) groups is 7. The minimum Gasteiger partial charge on any atom is -0.458 e. The average molecular weight is 1050 g/mol. The van der Waals surface area contributed by atoms with E-state index in [-0.39, 0.29) is 74.7 Å². The molecule has 2 aromatic rings. The number of unbranched alkanes of at least 4 members (excludes halogenated alkanes) is 2. The lowest BCUT2D eigenvalue weighted by atomic mass is 9.98. The van der Waals surface area contributed by atoms with E-state index in [4.69, 9.17) is 34.0 Å².